The van der Waals surface area contributed by atoms with Gasteiger partial charge in [-0.3, -0.25) is 14.9 Å². The van der Waals surface area contributed by atoms with E-state index in [2.05, 4.69) is 15.4 Å². The Morgan fingerprint density at radius 2 is 1.92 bits per heavy atom. The number of ether oxygens (including phenoxy) is 1. The molecule has 126 valence electrons. The Kier molecular flexibility index (Phi) is 5.25. The highest BCUT2D eigenvalue weighted by Crippen LogP contribution is 2.28. The van der Waals surface area contributed by atoms with Gasteiger partial charge in [0.25, 0.3) is 11.6 Å². The first-order valence-corrected chi connectivity index (χ1v) is 6.73. The number of nitro benzene ring substituents is 1. The molecule has 2 N–H and O–H groups in total. The summed E-state index contributed by atoms with van der Waals surface area (Å²) in [5.41, 5.74) is 0.0101. The molecule has 0 fully saturated rings. The number of nitrogens with one attached hydrogen (secondary N) is 2. The van der Waals surface area contributed by atoms with Crippen molar-refractivity contribution in [2.75, 3.05) is 17.7 Å². The molecule has 7 nitrogen and oxygen atoms in total. The van der Waals surface area contributed by atoms with Crippen LogP contribution < -0.4 is 15.4 Å². The lowest BCUT2D eigenvalue weighted by molar-refractivity contribution is -0.384. The maximum absolute atomic E-state index is 12.4. The summed E-state index contributed by atoms with van der Waals surface area (Å²) in [6.45, 7) is -3.04. The zero-order chi connectivity index (χ0) is 17.7. The standard InChI is InChI=1S/C15H13F2N3O4/c1-18-10-7-6-9(8-12(10)20(22)23)14(21)19-11-4-2-3-5-13(11)24-15(16)17/h2-8,15,18H,1H3,(H,19,21). The molecule has 2 aromatic rings. The molecule has 0 bridgehead atoms. The van der Waals surface area contributed by atoms with Crippen LogP contribution in [0.15, 0.2) is 42.5 Å². The smallest absolute Gasteiger partial charge is 0.387 e. The van der Waals surface area contributed by atoms with Gasteiger partial charge >= 0.3 is 6.61 Å². The molecular formula is C15H13F2N3O4. The third-order valence-electron chi connectivity index (χ3n) is 3.08. The highest BCUT2D eigenvalue weighted by atomic mass is 19.3. The number of alkyl halides is 2. The molecule has 0 atom stereocenters. The van der Waals surface area contributed by atoms with Crippen LogP contribution >= 0.6 is 0 Å². The number of rotatable bonds is 6. The van der Waals surface area contributed by atoms with Crippen LogP contribution in [0, 0.1) is 10.1 Å². The van der Waals surface area contributed by atoms with Crippen molar-refractivity contribution < 1.29 is 23.2 Å². The number of nitrogens with zero attached hydrogens (tertiary/aromatic N) is 1. The fourth-order valence-corrected chi connectivity index (χ4v) is 2.00. The molecule has 24 heavy (non-hydrogen) atoms. The van der Waals surface area contributed by atoms with Crippen molar-refractivity contribution in [2.24, 2.45) is 0 Å². The molecule has 0 saturated heterocycles. The van der Waals surface area contributed by atoms with Gasteiger partial charge in [-0.15, -0.1) is 0 Å². The second-order valence-corrected chi connectivity index (χ2v) is 4.57. The van der Waals surface area contributed by atoms with Crippen LogP contribution in [0.25, 0.3) is 0 Å². The van der Waals surface area contributed by atoms with Crippen molar-refractivity contribution >= 4 is 23.0 Å². The van der Waals surface area contributed by atoms with E-state index in [0.717, 1.165) is 6.07 Å². The number of hydrogen-bond donors (Lipinski definition) is 2. The molecule has 9 heteroatoms. The minimum atomic E-state index is -3.04. The van der Waals surface area contributed by atoms with Crippen molar-refractivity contribution in [3.8, 4) is 5.75 Å². The lowest BCUT2D eigenvalue weighted by Crippen LogP contribution is -2.14. The molecule has 0 aromatic heterocycles. The summed E-state index contributed by atoms with van der Waals surface area (Å²) < 4.78 is 29.1. The van der Waals surface area contributed by atoms with Gasteiger partial charge in [-0.05, 0) is 24.3 Å². The predicted molar refractivity (Wildman–Crippen MR) is 83.7 cm³/mol. The third-order valence-corrected chi connectivity index (χ3v) is 3.08. The number of nitro groups is 1. The predicted octanol–water partition coefficient (Wildman–Crippen LogP) is 3.49. The van der Waals surface area contributed by atoms with E-state index in [4.69, 9.17) is 0 Å². The van der Waals surface area contributed by atoms with Gasteiger partial charge in [-0.2, -0.15) is 8.78 Å². The first-order chi connectivity index (χ1) is 11.4. The minimum Gasteiger partial charge on any atom is -0.433 e. The maximum atomic E-state index is 12.4. The average Bonchev–Trinajstić information content (AvgIpc) is 2.55. The van der Waals surface area contributed by atoms with Crippen LogP contribution in [-0.2, 0) is 0 Å². The summed E-state index contributed by atoms with van der Waals surface area (Å²) in [5, 5.41) is 16.1. The summed E-state index contributed by atoms with van der Waals surface area (Å²) in [7, 11) is 1.51. The third kappa shape index (κ3) is 3.94. The van der Waals surface area contributed by atoms with Gasteiger partial charge in [0.15, 0.2) is 0 Å². The fraction of sp³-hybridized carbons (Fsp3) is 0.133. The van der Waals surface area contributed by atoms with Gasteiger partial charge in [-0.1, -0.05) is 12.1 Å². The molecule has 0 unspecified atom stereocenters. The highest BCUT2D eigenvalue weighted by Gasteiger charge is 2.18. The van der Waals surface area contributed by atoms with Crippen LogP contribution in [-0.4, -0.2) is 24.5 Å². The number of hydrogen-bond acceptors (Lipinski definition) is 5. The molecule has 1 amide bonds. The molecule has 0 spiro atoms. The Balaban J connectivity index is 2.28. The summed E-state index contributed by atoms with van der Waals surface area (Å²) in [6, 6.07) is 9.51. The zero-order valence-corrected chi connectivity index (χ0v) is 12.5. The van der Waals surface area contributed by atoms with E-state index in [-0.39, 0.29) is 28.4 Å². The van der Waals surface area contributed by atoms with Gasteiger partial charge in [0.05, 0.1) is 10.6 Å². The van der Waals surface area contributed by atoms with Gasteiger partial charge in [0.1, 0.15) is 11.4 Å². The number of carbonyl (C=O) groups is 1. The molecule has 0 aliphatic heterocycles. The van der Waals surface area contributed by atoms with Gasteiger partial charge in [0.2, 0.25) is 0 Å². The highest BCUT2D eigenvalue weighted by molar-refractivity contribution is 6.05. The maximum Gasteiger partial charge on any atom is 0.387 e. The minimum absolute atomic E-state index is 0.00699. The summed E-state index contributed by atoms with van der Waals surface area (Å²) in [6.07, 6.45) is 0. The average molecular weight is 337 g/mol. The van der Waals surface area contributed by atoms with E-state index in [9.17, 15) is 23.7 Å². The monoisotopic (exact) mass is 337 g/mol. The lowest BCUT2D eigenvalue weighted by atomic mass is 10.1. The van der Waals surface area contributed by atoms with E-state index < -0.39 is 17.4 Å². The summed E-state index contributed by atoms with van der Waals surface area (Å²) in [5.74, 6) is -0.895. The molecule has 0 aliphatic rings. The summed E-state index contributed by atoms with van der Waals surface area (Å²) >= 11 is 0. The zero-order valence-electron chi connectivity index (χ0n) is 12.5. The molecular weight excluding hydrogens is 324 g/mol. The van der Waals surface area contributed by atoms with Crippen LogP contribution in [0.4, 0.5) is 25.8 Å². The van der Waals surface area contributed by atoms with E-state index >= 15 is 0 Å². The van der Waals surface area contributed by atoms with E-state index in [0.29, 0.717) is 0 Å². The topological polar surface area (TPSA) is 93.5 Å². The van der Waals surface area contributed by atoms with E-state index in [1.54, 1.807) is 0 Å². The molecule has 0 radical (unpaired) electrons. The van der Waals surface area contributed by atoms with Gasteiger partial charge in [0, 0.05) is 18.7 Å². The molecule has 0 aliphatic carbocycles. The SMILES string of the molecule is CNc1ccc(C(=O)Nc2ccccc2OC(F)F)cc1[N+](=O)[O-]. The van der Waals surface area contributed by atoms with Crippen LogP contribution in [0.1, 0.15) is 10.4 Å². The Morgan fingerprint density at radius 1 is 1.21 bits per heavy atom. The van der Waals surface area contributed by atoms with Crippen molar-refractivity contribution in [1.82, 2.24) is 0 Å². The van der Waals surface area contributed by atoms with Crippen LogP contribution in [0.2, 0.25) is 0 Å². The number of amides is 1. The Morgan fingerprint density at radius 3 is 2.54 bits per heavy atom. The number of anilines is 2. The van der Waals surface area contributed by atoms with Crippen molar-refractivity contribution in [2.45, 2.75) is 6.61 Å². The van der Waals surface area contributed by atoms with Crippen molar-refractivity contribution in [3.63, 3.8) is 0 Å². The van der Waals surface area contributed by atoms with Crippen LogP contribution in [0.5, 0.6) is 5.75 Å². The quantitative estimate of drug-likeness (QED) is 0.622. The second kappa shape index (κ2) is 7.36. The normalized spacial score (nSPS) is 10.3. The Bertz CT molecular complexity index is 768. The Hall–Kier alpha value is -3.23. The van der Waals surface area contributed by atoms with E-state index in [1.807, 2.05) is 0 Å². The lowest BCUT2D eigenvalue weighted by Gasteiger charge is -2.12. The first kappa shape index (κ1) is 17.1. The second-order valence-electron chi connectivity index (χ2n) is 4.57. The van der Waals surface area contributed by atoms with Gasteiger partial charge in [-0.25, -0.2) is 0 Å². The number of carbonyl (C=O) groups excluding carboxylic acids is 1. The molecule has 2 rings (SSSR count). The van der Waals surface area contributed by atoms with E-state index in [1.165, 1.54) is 43.4 Å². The largest absolute Gasteiger partial charge is 0.433 e. The number of halogens is 2. The van der Waals surface area contributed by atoms with Gasteiger partial charge < -0.3 is 15.4 Å². The summed E-state index contributed by atoms with van der Waals surface area (Å²) in [4.78, 5) is 22.6. The Labute approximate surface area is 135 Å². The van der Waals surface area contributed by atoms with Crippen LogP contribution in [0.3, 0.4) is 0 Å². The van der Waals surface area contributed by atoms with Crippen molar-refractivity contribution in [1.29, 1.82) is 0 Å². The number of para-hydroxylation sites is 2. The van der Waals surface area contributed by atoms with Crippen molar-refractivity contribution in [3.05, 3.63) is 58.1 Å². The first-order valence-electron chi connectivity index (χ1n) is 6.73. The molecule has 0 saturated carbocycles. The molecule has 2 aromatic carbocycles. The fourth-order valence-electron chi connectivity index (χ4n) is 2.00. The number of benzene rings is 2. The molecule has 0 heterocycles.